The van der Waals surface area contributed by atoms with Crippen molar-refractivity contribution in [1.82, 2.24) is 0 Å². The molecule has 0 spiro atoms. The van der Waals surface area contributed by atoms with Crippen LogP contribution in [0.25, 0.3) is 25.1 Å². The van der Waals surface area contributed by atoms with Gasteiger partial charge in [-0.2, -0.15) is 0 Å². The Hall–Kier alpha value is -2.50. The van der Waals surface area contributed by atoms with E-state index in [1.165, 1.54) is 0 Å². The molecule has 4 aromatic rings. The van der Waals surface area contributed by atoms with Gasteiger partial charge >= 0.3 is 5.97 Å². The van der Waals surface area contributed by atoms with E-state index >= 15 is 0 Å². The number of hydrogen-bond acceptors (Lipinski definition) is 3. The molecular formula is C23H18BrO3S+. The van der Waals surface area contributed by atoms with Crippen molar-refractivity contribution >= 4 is 52.5 Å². The van der Waals surface area contributed by atoms with Crippen molar-refractivity contribution in [2.24, 2.45) is 0 Å². The first kappa shape index (κ1) is 18.8. The van der Waals surface area contributed by atoms with Crippen LogP contribution in [0.4, 0.5) is 0 Å². The summed E-state index contributed by atoms with van der Waals surface area (Å²) in [5.74, 6) is 0.154. The molecule has 0 aliphatic heterocycles. The minimum atomic E-state index is -0.741. The van der Waals surface area contributed by atoms with E-state index in [-0.39, 0.29) is 21.9 Å². The second-order valence-corrected chi connectivity index (χ2v) is 10.9. The quantitative estimate of drug-likeness (QED) is 0.122. The normalized spacial score (nSPS) is 11.7. The summed E-state index contributed by atoms with van der Waals surface area (Å²) in [6.45, 7) is 3.50. The van der Waals surface area contributed by atoms with Crippen LogP contribution in [-0.4, -0.2) is 10.3 Å². The minimum absolute atomic E-state index is 0.0695. The fourth-order valence-corrected chi connectivity index (χ4v) is 5.48. The summed E-state index contributed by atoms with van der Waals surface area (Å²) in [6.07, 6.45) is 0. The number of benzene rings is 3. The Morgan fingerprint density at radius 1 is 0.857 bits per heavy atom. The number of halogens is 1. The van der Waals surface area contributed by atoms with Crippen molar-refractivity contribution in [3.05, 3.63) is 83.0 Å². The van der Waals surface area contributed by atoms with Crippen molar-refractivity contribution in [3.8, 4) is 10.6 Å². The van der Waals surface area contributed by atoms with Crippen molar-refractivity contribution in [2.45, 2.75) is 18.2 Å². The average molecular weight is 454 g/mol. The highest BCUT2D eigenvalue weighted by atomic mass is 79.9. The minimum Gasteiger partial charge on any atom is -0.426 e. The highest BCUT2D eigenvalue weighted by Gasteiger charge is 2.27. The Labute approximate surface area is 173 Å². The third kappa shape index (κ3) is 3.36. The van der Waals surface area contributed by atoms with Crippen LogP contribution in [0, 0.1) is 0 Å². The molecule has 28 heavy (non-hydrogen) atoms. The van der Waals surface area contributed by atoms with E-state index < -0.39 is 4.32 Å². The van der Waals surface area contributed by atoms with E-state index in [9.17, 15) is 9.59 Å². The Morgan fingerprint density at radius 2 is 1.36 bits per heavy atom. The third-order valence-corrected chi connectivity index (χ3v) is 7.12. The molecule has 0 fully saturated rings. The van der Waals surface area contributed by atoms with Gasteiger partial charge in [-0.25, -0.2) is 0 Å². The third-order valence-electron chi connectivity index (χ3n) is 4.46. The number of esters is 1. The molecule has 3 nitrogen and oxygen atoms in total. The van der Waals surface area contributed by atoms with Gasteiger partial charge in [-0.05, 0) is 50.2 Å². The van der Waals surface area contributed by atoms with Crippen LogP contribution >= 0.6 is 26.4 Å². The SMILES string of the molecule is CC(C)(Br)C(=O)Oc1ccc(-[s+]2c3ccccc3c(=O)c3ccccc32)cc1. The van der Waals surface area contributed by atoms with Gasteiger partial charge in [-0.1, -0.05) is 40.2 Å². The molecule has 5 heteroatoms. The highest BCUT2D eigenvalue weighted by Crippen LogP contribution is 2.43. The molecule has 0 atom stereocenters. The van der Waals surface area contributed by atoms with E-state index in [0.717, 1.165) is 25.1 Å². The Bertz CT molecular complexity index is 1190. The van der Waals surface area contributed by atoms with Gasteiger partial charge in [0, 0.05) is 22.6 Å². The number of fused-ring (bicyclic) bond motifs is 2. The van der Waals surface area contributed by atoms with Crippen LogP contribution in [0.2, 0.25) is 0 Å². The molecule has 3 aromatic carbocycles. The summed E-state index contributed by atoms with van der Waals surface area (Å²) in [4.78, 5) is 26.1. The van der Waals surface area contributed by atoms with Crippen molar-refractivity contribution in [1.29, 1.82) is 0 Å². The summed E-state index contributed by atoms with van der Waals surface area (Å²) >= 11 is 3.31. The second-order valence-electron chi connectivity index (χ2n) is 6.96. The summed E-state index contributed by atoms with van der Waals surface area (Å²) in [7, 11) is -0.387. The fraction of sp³-hybridized carbons (Fsp3) is 0.130. The van der Waals surface area contributed by atoms with E-state index in [2.05, 4.69) is 15.9 Å². The van der Waals surface area contributed by atoms with E-state index in [4.69, 9.17) is 4.74 Å². The van der Waals surface area contributed by atoms with E-state index in [1.807, 2.05) is 60.7 Å². The molecule has 1 heterocycles. The zero-order valence-electron chi connectivity index (χ0n) is 15.4. The van der Waals surface area contributed by atoms with Crippen LogP contribution in [0.3, 0.4) is 0 Å². The zero-order chi connectivity index (χ0) is 19.9. The average Bonchev–Trinajstić information content (AvgIpc) is 2.69. The highest BCUT2D eigenvalue weighted by molar-refractivity contribution is 9.10. The lowest BCUT2D eigenvalue weighted by Crippen LogP contribution is -2.29. The Morgan fingerprint density at radius 3 is 1.86 bits per heavy atom. The summed E-state index contributed by atoms with van der Waals surface area (Å²) < 4.78 is 6.75. The van der Waals surface area contributed by atoms with Crippen LogP contribution in [-0.2, 0) is 4.79 Å². The van der Waals surface area contributed by atoms with Crippen LogP contribution < -0.4 is 10.2 Å². The summed E-state index contributed by atoms with van der Waals surface area (Å²) in [5, 5.41) is 1.50. The number of alkyl halides is 1. The predicted molar refractivity (Wildman–Crippen MR) is 120 cm³/mol. The van der Waals surface area contributed by atoms with Gasteiger partial charge < -0.3 is 4.74 Å². The number of carbonyl (C=O) groups excluding carboxylic acids is 1. The molecule has 0 bridgehead atoms. The second kappa shape index (κ2) is 7.15. The predicted octanol–water partition coefficient (Wildman–Crippen LogP) is 6.17. The molecule has 0 N–H and O–H groups in total. The van der Waals surface area contributed by atoms with Gasteiger partial charge in [0.2, 0.25) is 5.43 Å². The summed E-state index contributed by atoms with van der Waals surface area (Å²) in [6, 6.07) is 23.1. The van der Waals surface area contributed by atoms with Crippen molar-refractivity contribution in [2.75, 3.05) is 0 Å². The molecule has 0 aliphatic carbocycles. The van der Waals surface area contributed by atoms with Gasteiger partial charge in [-0.3, -0.25) is 9.59 Å². The molecule has 140 valence electrons. The maximum atomic E-state index is 12.9. The lowest BCUT2D eigenvalue weighted by atomic mass is 10.2. The molecule has 0 unspecified atom stereocenters. The van der Waals surface area contributed by atoms with Gasteiger partial charge in [-0.15, -0.1) is 0 Å². The maximum absolute atomic E-state index is 12.9. The number of rotatable bonds is 3. The molecule has 0 aliphatic rings. The van der Waals surface area contributed by atoms with Gasteiger partial charge in [0.15, 0.2) is 14.3 Å². The van der Waals surface area contributed by atoms with Crippen LogP contribution in [0.15, 0.2) is 77.6 Å². The number of carbonyl (C=O) groups is 1. The monoisotopic (exact) mass is 453 g/mol. The molecular weight excluding hydrogens is 436 g/mol. The fourth-order valence-electron chi connectivity index (χ4n) is 3.05. The smallest absolute Gasteiger partial charge is 0.327 e. The topological polar surface area (TPSA) is 43.4 Å². The number of ether oxygens (including phenoxy) is 1. The van der Waals surface area contributed by atoms with Crippen LogP contribution in [0.5, 0.6) is 5.75 Å². The number of hydrogen-bond donors (Lipinski definition) is 0. The molecule has 0 saturated heterocycles. The standard InChI is InChI=1S/C23H18BrO3S/c1-23(2,24)22(26)27-15-11-13-16(14-12-15)28-19-9-5-3-7-17(19)21(25)18-8-4-6-10-20(18)28/h3-14H,1-2H3/q+1. The van der Waals surface area contributed by atoms with Gasteiger partial charge in [0.05, 0.1) is 10.8 Å². The first-order chi connectivity index (χ1) is 13.4. The Kier molecular flexibility index (Phi) is 4.81. The largest absolute Gasteiger partial charge is 0.426 e. The lowest BCUT2D eigenvalue weighted by molar-refractivity contribution is -0.136. The van der Waals surface area contributed by atoms with E-state index in [0.29, 0.717) is 5.75 Å². The molecule has 0 radical (unpaired) electrons. The molecule has 0 saturated carbocycles. The van der Waals surface area contributed by atoms with Crippen molar-refractivity contribution < 1.29 is 9.53 Å². The maximum Gasteiger partial charge on any atom is 0.327 e. The Balaban J connectivity index is 1.88. The summed E-state index contributed by atoms with van der Waals surface area (Å²) in [5.41, 5.74) is 0.0695. The van der Waals surface area contributed by atoms with Crippen LogP contribution in [0.1, 0.15) is 13.8 Å². The van der Waals surface area contributed by atoms with Crippen molar-refractivity contribution in [3.63, 3.8) is 0 Å². The first-order valence-corrected chi connectivity index (χ1v) is 10.9. The molecule has 4 rings (SSSR count). The molecule has 1 aromatic heterocycles. The molecule has 0 amide bonds. The van der Waals surface area contributed by atoms with Gasteiger partial charge in [0.1, 0.15) is 10.1 Å². The van der Waals surface area contributed by atoms with Gasteiger partial charge in [0.25, 0.3) is 0 Å². The lowest BCUT2D eigenvalue weighted by Gasteiger charge is -2.14. The zero-order valence-corrected chi connectivity index (χ0v) is 17.8. The first-order valence-electron chi connectivity index (χ1n) is 8.84. The van der Waals surface area contributed by atoms with E-state index in [1.54, 1.807) is 26.0 Å².